The molecule has 0 spiro atoms. The van der Waals surface area contributed by atoms with Crippen molar-refractivity contribution in [1.29, 1.82) is 0 Å². The van der Waals surface area contributed by atoms with Crippen molar-refractivity contribution in [2.45, 2.75) is 32.7 Å². The van der Waals surface area contributed by atoms with Crippen molar-refractivity contribution in [3.05, 3.63) is 0 Å². The van der Waals surface area contributed by atoms with Gasteiger partial charge in [-0.1, -0.05) is 0 Å². The van der Waals surface area contributed by atoms with Gasteiger partial charge in [0.2, 0.25) is 11.8 Å². The second-order valence-corrected chi connectivity index (χ2v) is 5.39. The van der Waals surface area contributed by atoms with Crippen molar-refractivity contribution in [3.63, 3.8) is 0 Å². The van der Waals surface area contributed by atoms with E-state index in [1.54, 1.807) is 11.8 Å². The van der Waals surface area contributed by atoms with E-state index in [2.05, 4.69) is 12.2 Å². The van der Waals surface area contributed by atoms with Crippen LogP contribution in [0.5, 0.6) is 0 Å². The van der Waals surface area contributed by atoms with Crippen LogP contribution in [-0.4, -0.2) is 60.4 Å². The van der Waals surface area contributed by atoms with Crippen LogP contribution < -0.4 is 5.32 Å². The van der Waals surface area contributed by atoms with Crippen molar-refractivity contribution >= 4 is 11.8 Å². The van der Waals surface area contributed by atoms with E-state index in [4.69, 9.17) is 0 Å². The first-order chi connectivity index (χ1) is 8.59. The molecule has 2 heterocycles. The van der Waals surface area contributed by atoms with Gasteiger partial charge in [0.05, 0.1) is 5.92 Å². The van der Waals surface area contributed by atoms with Crippen LogP contribution >= 0.6 is 0 Å². The Morgan fingerprint density at radius 3 is 2.72 bits per heavy atom. The Hall–Kier alpha value is -1.10. The van der Waals surface area contributed by atoms with Crippen LogP contribution in [0.1, 0.15) is 26.7 Å². The number of carbonyl (C=O) groups excluding carboxylic acids is 2. The number of nitrogens with one attached hydrogen (secondary N) is 1. The number of nitrogens with zero attached hydrogens (tertiary/aromatic N) is 2. The lowest BCUT2D eigenvalue weighted by Crippen LogP contribution is -2.55. The Labute approximate surface area is 108 Å². The van der Waals surface area contributed by atoms with Gasteiger partial charge in [-0.2, -0.15) is 0 Å². The van der Waals surface area contributed by atoms with Crippen molar-refractivity contribution < 1.29 is 9.59 Å². The van der Waals surface area contributed by atoms with Crippen LogP contribution in [0.2, 0.25) is 0 Å². The number of likely N-dealkylation sites (tertiary alicyclic amines) is 1. The Balaban J connectivity index is 1.97. The SMILES string of the molecule is CC(=O)N1CCCC(C(=O)N2CCNCC2C)C1. The van der Waals surface area contributed by atoms with Gasteiger partial charge in [0.15, 0.2) is 0 Å². The smallest absolute Gasteiger partial charge is 0.227 e. The molecule has 0 aromatic heterocycles. The zero-order chi connectivity index (χ0) is 13.1. The normalized spacial score (nSPS) is 29.2. The zero-order valence-corrected chi connectivity index (χ0v) is 11.3. The molecule has 1 N–H and O–H groups in total. The summed E-state index contributed by atoms with van der Waals surface area (Å²) >= 11 is 0. The number of amides is 2. The Kier molecular flexibility index (Phi) is 4.22. The maximum atomic E-state index is 12.5. The minimum absolute atomic E-state index is 0.00296. The molecule has 0 aliphatic carbocycles. The number of piperidine rings is 1. The molecule has 5 nitrogen and oxygen atoms in total. The third kappa shape index (κ3) is 2.83. The van der Waals surface area contributed by atoms with E-state index in [-0.39, 0.29) is 23.8 Å². The summed E-state index contributed by atoms with van der Waals surface area (Å²) in [6.07, 6.45) is 1.86. The Morgan fingerprint density at radius 2 is 2.06 bits per heavy atom. The highest BCUT2D eigenvalue weighted by Crippen LogP contribution is 2.20. The number of hydrogen-bond donors (Lipinski definition) is 1. The quantitative estimate of drug-likeness (QED) is 0.719. The molecule has 0 radical (unpaired) electrons. The summed E-state index contributed by atoms with van der Waals surface area (Å²) in [6.45, 7) is 7.60. The third-order valence-electron chi connectivity index (χ3n) is 4.00. The summed E-state index contributed by atoms with van der Waals surface area (Å²) in [5.41, 5.74) is 0. The van der Waals surface area contributed by atoms with Crippen LogP contribution in [0.3, 0.4) is 0 Å². The lowest BCUT2D eigenvalue weighted by molar-refractivity contribution is -0.142. The van der Waals surface area contributed by atoms with Gasteiger partial charge in [-0.05, 0) is 19.8 Å². The van der Waals surface area contributed by atoms with E-state index in [0.717, 1.165) is 39.0 Å². The third-order valence-corrected chi connectivity index (χ3v) is 4.00. The summed E-state index contributed by atoms with van der Waals surface area (Å²) in [5.74, 6) is 0.319. The molecule has 0 aromatic carbocycles. The molecular formula is C13H23N3O2. The average molecular weight is 253 g/mol. The molecule has 102 valence electrons. The molecular weight excluding hydrogens is 230 g/mol. The Morgan fingerprint density at radius 1 is 1.28 bits per heavy atom. The van der Waals surface area contributed by atoms with Gasteiger partial charge in [0.25, 0.3) is 0 Å². The fraction of sp³-hybridized carbons (Fsp3) is 0.846. The molecule has 0 bridgehead atoms. The molecule has 2 rings (SSSR count). The van der Waals surface area contributed by atoms with Crippen molar-refractivity contribution in [2.24, 2.45) is 5.92 Å². The van der Waals surface area contributed by atoms with Crippen molar-refractivity contribution in [2.75, 3.05) is 32.7 Å². The van der Waals surface area contributed by atoms with Gasteiger partial charge in [-0.15, -0.1) is 0 Å². The standard InChI is InChI=1S/C13H23N3O2/c1-10-8-14-5-7-16(10)13(18)12-4-3-6-15(9-12)11(2)17/h10,12,14H,3-9H2,1-2H3. The fourth-order valence-corrected chi connectivity index (χ4v) is 2.87. The maximum Gasteiger partial charge on any atom is 0.227 e. The van der Waals surface area contributed by atoms with Gasteiger partial charge in [-0.25, -0.2) is 0 Å². The van der Waals surface area contributed by atoms with Gasteiger partial charge in [0.1, 0.15) is 0 Å². The zero-order valence-electron chi connectivity index (χ0n) is 11.3. The molecule has 2 aliphatic rings. The van der Waals surface area contributed by atoms with Crippen LogP contribution in [0, 0.1) is 5.92 Å². The molecule has 0 aromatic rings. The molecule has 0 saturated carbocycles. The van der Waals surface area contributed by atoms with E-state index in [0.29, 0.717) is 6.54 Å². The second kappa shape index (κ2) is 5.69. The van der Waals surface area contributed by atoms with E-state index in [9.17, 15) is 9.59 Å². The molecule has 2 fully saturated rings. The van der Waals surface area contributed by atoms with E-state index in [1.165, 1.54) is 0 Å². The van der Waals surface area contributed by atoms with Crippen LogP contribution in [0.15, 0.2) is 0 Å². The second-order valence-electron chi connectivity index (χ2n) is 5.39. The predicted octanol–water partition coefficient (Wildman–Crippen LogP) is 0.0652. The Bertz CT molecular complexity index is 332. The molecule has 2 amide bonds. The highest BCUT2D eigenvalue weighted by molar-refractivity contribution is 5.81. The average Bonchev–Trinajstić information content (AvgIpc) is 2.38. The summed E-state index contributed by atoms with van der Waals surface area (Å²) < 4.78 is 0. The van der Waals surface area contributed by atoms with E-state index < -0.39 is 0 Å². The topological polar surface area (TPSA) is 52.7 Å². The van der Waals surface area contributed by atoms with Crippen molar-refractivity contribution in [3.8, 4) is 0 Å². The maximum absolute atomic E-state index is 12.5. The van der Waals surface area contributed by atoms with E-state index >= 15 is 0 Å². The van der Waals surface area contributed by atoms with E-state index in [1.807, 2.05) is 4.90 Å². The van der Waals surface area contributed by atoms with Gasteiger partial charge >= 0.3 is 0 Å². The van der Waals surface area contributed by atoms with Gasteiger partial charge < -0.3 is 15.1 Å². The van der Waals surface area contributed by atoms with Crippen LogP contribution in [-0.2, 0) is 9.59 Å². The highest BCUT2D eigenvalue weighted by Gasteiger charge is 2.32. The largest absolute Gasteiger partial charge is 0.342 e. The summed E-state index contributed by atoms with van der Waals surface area (Å²) in [5, 5.41) is 3.29. The summed E-state index contributed by atoms with van der Waals surface area (Å²) in [4.78, 5) is 27.7. The molecule has 2 saturated heterocycles. The summed E-state index contributed by atoms with van der Waals surface area (Å²) in [7, 11) is 0. The van der Waals surface area contributed by atoms with Gasteiger partial charge in [0, 0.05) is 45.7 Å². The first-order valence-corrected chi connectivity index (χ1v) is 6.86. The number of carbonyl (C=O) groups is 2. The van der Waals surface area contributed by atoms with Crippen molar-refractivity contribution in [1.82, 2.24) is 15.1 Å². The molecule has 2 atom stereocenters. The first kappa shape index (κ1) is 13.3. The number of piperazine rings is 1. The highest BCUT2D eigenvalue weighted by atomic mass is 16.2. The number of rotatable bonds is 1. The lowest BCUT2D eigenvalue weighted by atomic mass is 9.95. The monoisotopic (exact) mass is 253 g/mol. The van der Waals surface area contributed by atoms with Gasteiger partial charge in [-0.3, -0.25) is 9.59 Å². The molecule has 2 unspecified atom stereocenters. The molecule has 5 heteroatoms. The minimum atomic E-state index is 0.00296. The lowest BCUT2D eigenvalue weighted by Gasteiger charge is -2.39. The minimum Gasteiger partial charge on any atom is -0.342 e. The van der Waals surface area contributed by atoms with Crippen LogP contribution in [0.4, 0.5) is 0 Å². The van der Waals surface area contributed by atoms with Crippen LogP contribution in [0.25, 0.3) is 0 Å². The fourth-order valence-electron chi connectivity index (χ4n) is 2.87. The summed E-state index contributed by atoms with van der Waals surface area (Å²) in [6, 6.07) is 0.263. The predicted molar refractivity (Wildman–Crippen MR) is 69.0 cm³/mol. The number of hydrogen-bond acceptors (Lipinski definition) is 3. The molecule has 18 heavy (non-hydrogen) atoms. The molecule has 2 aliphatic heterocycles. The first-order valence-electron chi connectivity index (χ1n) is 6.86.